The predicted octanol–water partition coefficient (Wildman–Crippen LogP) is 5.61. The first kappa shape index (κ1) is 22.8. The maximum absolute atomic E-state index is 14.1. The Morgan fingerprint density at radius 2 is 1.24 bits per heavy atom. The summed E-state index contributed by atoms with van der Waals surface area (Å²) >= 11 is 6.03. The SMILES string of the molecule is O=C(Nc1ccc(N2CCN(c3c(F)c(F)c(F)c(F)c3F)CC2)cc1)c1ccccc1Cl. The summed E-state index contributed by atoms with van der Waals surface area (Å²) in [5.41, 5.74) is 0.752. The molecule has 0 unspecified atom stereocenters. The van der Waals surface area contributed by atoms with E-state index in [0.29, 0.717) is 29.4 Å². The molecule has 172 valence electrons. The first-order valence-corrected chi connectivity index (χ1v) is 10.3. The van der Waals surface area contributed by atoms with Crippen LogP contribution in [0.5, 0.6) is 0 Å². The second-order valence-electron chi connectivity index (χ2n) is 7.37. The number of carbonyl (C=O) groups excluding carboxylic acids is 1. The molecule has 0 radical (unpaired) electrons. The van der Waals surface area contributed by atoms with Crippen LogP contribution >= 0.6 is 11.6 Å². The molecule has 4 rings (SSSR count). The van der Waals surface area contributed by atoms with Gasteiger partial charge in [-0.1, -0.05) is 23.7 Å². The van der Waals surface area contributed by atoms with Crippen LogP contribution < -0.4 is 15.1 Å². The topological polar surface area (TPSA) is 35.6 Å². The highest BCUT2D eigenvalue weighted by Crippen LogP contribution is 2.31. The number of nitrogens with one attached hydrogen (secondary N) is 1. The molecule has 4 nitrogen and oxygen atoms in total. The molecule has 1 fully saturated rings. The van der Waals surface area contributed by atoms with Gasteiger partial charge in [0.15, 0.2) is 23.3 Å². The van der Waals surface area contributed by atoms with E-state index in [2.05, 4.69) is 5.32 Å². The molecule has 1 heterocycles. The van der Waals surface area contributed by atoms with Crippen molar-refractivity contribution in [1.29, 1.82) is 0 Å². The highest BCUT2D eigenvalue weighted by Gasteiger charge is 2.30. The smallest absolute Gasteiger partial charge is 0.257 e. The molecule has 33 heavy (non-hydrogen) atoms. The highest BCUT2D eigenvalue weighted by molar-refractivity contribution is 6.34. The highest BCUT2D eigenvalue weighted by atomic mass is 35.5. The van der Waals surface area contributed by atoms with Crippen molar-refractivity contribution in [1.82, 2.24) is 0 Å². The van der Waals surface area contributed by atoms with Gasteiger partial charge in [0.1, 0.15) is 5.69 Å². The van der Waals surface area contributed by atoms with Crippen LogP contribution in [0.25, 0.3) is 0 Å². The van der Waals surface area contributed by atoms with Crippen LogP contribution in [0, 0.1) is 29.1 Å². The van der Waals surface area contributed by atoms with Gasteiger partial charge in [-0.15, -0.1) is 0 Å². The number of rotatable bonds is 4. The monoisotopic (exact) mass is 481 g/mol. The third-order valence-electron chi connectivity index (χ3n) is 5.39. The Morgan fingerprint density at radius 1 is 0.727 bits per heavy atom. The molecule has 0 spiro atoms. The fourth-order valence-corrected chi connectivity index (χ4v) is 3.88. The van der Waals surface area contributed by atoms with Crippen LogP contribution in [-0.4, -0.2) is 32.1 Å². The summed E-state index contributed by atoms with van der Waals surface area (Å²) in [6.45, 7) is 0.711. The number of hydrogen-bond acceptors (Lipinski definition) is 3. The van der Waals surface area contributed by atoms with E-state index in [1.165, 1.54) is 0 Å². The Bertz CT molecular complexity index is 1170. The normalized spacial score (nSPS) is 13.9. The summed E-state index contributed by atoms with van der Waals surface area (Å²) in [7, 11) is 0. The average Bonchev–Trinajstić information content (AvgIpc) is 2.83. The largest absolute Gasteiger partial charge is 0.368 e. The lowest BCUT2D eigenvalue weighted by atomic mass is 10.1. The zero-order valence-electron chi connectivity index (χ0n) is 17.0. The number of carbonyl (C=O) groups is 1. The first-order chi connectivity index (χ1) is 15.8. The second-order valence-corrected chi connectivity index (χ2v) is 7.78. The average molecular weight is 482 g/mol. The lowest BCUT2D eigenvalue weighted by molar-refractivity contribution is 0.102. The van der Waals surface area contributed by atoms with E-state index >= 15 is 0 Å². The van der Waals surface area contributed by atoms with Crippen LogP contribution in [0.1, 0.15) is 10.4 Å². The van der Waals surface area contributed by atoms with Crippen LogP contribution in [-0.2, 0) is 0 Å². The Balaban J connectivity index is 1.42. The van der Waals surface area contributed by atoms with E-state index in [9.17, 15) is 26.7 Å². The van der Waals surface area contributed by atoms with Crippen molar-refractivity contribution in [3.63, 3.8) is 0 Å². The number of anilines is 3. The molecule has 0 bridgehead atoms. The zero-order chi connectivity index (χ0) is 23.7. The summed E-state index contributed by atoms with van der Waals surface area (Å²) in [6, 6.07) is 13.6. The minimum Gasteiger partial charge on any atom is -0.368 e. The molecule has 0 atom stereocenters. The molecule has 1 aliphatic heterocycles. The maximum atomic E-state index is 14.1. The fraction of sp³-hybridized carbons (Fsp3) is 0.174. The molecule has 1 aliphatic rings. The third-order valence-corrected chi connectivity index (χ3v) is 5.72. The molecular weight excluding hydrogens is 465 g/mol. The van der Waals surface area contributed by atoms with Gasteiger partial charge < -0.3 is 15.1 Å². The van der Waals surface area contributed by atoms with Crippen molar-refractivity contribution in [2.24, 2.45) is 0 Å². The Morgan fingerprint density at radius 3 is 1.82 bits per heavy atom. The zero-order valence-corrected chi connectivity index (χ0v) is 17.8. The Kier molecular flexibility index (Phi) is 6.42. The van der Waals surface area contributed by atoms with Gasteiger partial charge >= 0.3 is 0 Å². The van der Waals surface area contributed by atoms with Crippen molar-refractivity contribution >= 4 is 34.6 Å². The van der Waals surface area contributed by atoms with Gasteiger partial charge in [0, 0.05) is 37.6 Å². The van der Waals surface area contributed by atoms with Crippen LogP contribution in [0.3, 0.4) is 0 Å². The number of piperazine rings is 1. The third kappa shape index (κ3) is 4.45. The number of nitrogens with zero attached hydrogens (tertiary/aromatic N) is 2. The predicted molar refractivity (Wildman–Crippen MR) is 117 cm³/mol. The van der Waals surface area contributed by atoms with Crippen molar-refractivity contribution < 1.29 is 26.7 Å². The molecule has 0 saturated carbocycles. The minimum atomic E-state index is -2.17. The maximum Gasteiger partial charge on any atom is 0.257 e. The Hall–Kier alpha value is -3.33. The van der Waals surface area contributed by atoms with Gasteiger partial charge in [0.25, 0.3) is 5.91 Å². The number of hydrogen-bond donors (Lipinski definition) is 1. The van der Waals surface area contributed by atoms with Crippen LogP contribution in [0.2, 0.25) is 5.02 Å². The number of amides is 1. The summed E-state index contributed by atoms with van der Waals surface area (Å²) in [6.07, 6.45) is 0. The fourth-order valence-electron chi connectivity index (χ4n) is 3.66. The van der Waals surface area contributed by atoms with Gasteiger partial charge in [0.05, 0.1) is 10.6 Å². The number of benzene rings is 3. The van der Waals surface area contributed by atoms with Gasteiger partial charge in [-0.2, -0.15) is 0 Å². The van der Waals surface area contributed by atoms with Crippen molar-refractivity contribution in [3.05, 3.63) is 88.2 Å². The molecule has 3 aromatic rings. The van der Waals surface area contributed by atoms with Gasteiger partial charge in [0.2, 0.25) is 5.82 Å². The van der Waals surface area contributed by atoms with E-state index in [1.807, 2.05) is 4.90 Å². The van der Waals surface area contributed by atoms with Gasteiger partial charge in [-0.3, -0.25) is 4.79 Å². The van der Waals surface area contributed by atoms with E-state index in [-0.39, 0.29) is 19.0 Å². The molecular formula is C23H17ClF5N3O. The molecule has 1 saturated heterocycles. The van der Waals surface area contributed by atoms with E-state index < -0.39 is 34.8 Å². The lowest BCUT2D eigenvalue weighted by Crippen LogP contribution is -2.47. The molecule has 0 aliphatic carbocycles. The van der Waals surface area contributed by atoms with Crippen LogP contribution in [0.15, 0.2) is 48.5 Å². The lowest BCUT2D eigenvalue weighted by Gasteiger charge is -2.37. The summed E-state index contributed by atoms with van der Waals surface area (Å²) in [4.78, 5) is 15.4. The molecule has 1 amide bonds. The molecule has 10 heteroatoms. The van der Waals surface area contributed by atoms with E-state index in [1.54, 1.807) is 48.5 Å². The summed E-state index contributed by atoms with van der Waals surface area (Å²) < 4.78 is 68.5. The van der Waals surface area contributed by atoms with E-state index in [0.717, 1.165) is 10.6 Å². The molecule has 1 N–H and O–H groups in total. The van der Waals surface area contributed by atoms with Gasteiger partial charge in [-0.05, 0) is 36.4 Å². The van der Waals surface area contributed by atoms with Crippen molar-refractivity contribution in [2.45, 2.75) is 0 Å². The number of halogens is 6. The van der Waals surface area contributed by atoms with E-state index in [4.69, 9.17) is 11.6 Å². The minimum absolute atomic E-state index is 0.0589. The summed E-state index contributed by atoms with van der Waals surface area (Å²) in [5, 5.41) is 3.08. The quantitative estimate of drug-likeness (QED) is 0.299. The Labute approximate surface area is 191 Å². The second kappa shape index (κ2) is 9.27. The first-order valence-electron chi connectivity index (χ1n) is 9.95. The summed E-state index contributed by atoms with van der Waals surface area (Å²) in [5.74, 6) is -10.1. The molecule has 0 aromatic heterocycles. The van der Waals surface area contributed by atoms with Gasteiger partial charge in [-0.25, -0.2) is 22.0 Å². The van der Waals surface area contributed by atoms with Crippen LogP contribution in [0.4, 0.5) is 39.0 Å². The molecule has 3 aromatic carbocycles. The standard InChI is InChI=1S/C23H17ClF5N3O/c24-16-4-2-1-3-15(16)23(33)30-13-5-7-14(8-6-13)31-9-11-32(12-10-31)22-20(28)18(26)17(25)19(27)21(22)29/h1-8H,9-12H2,(H,30,33). The van der Waals surface area contributed by atoms with Crippen molar-refractivity contribution in [3.8, 4) is 0 Å². The van der Waals surface area contributed by atoms with Crippen molar-refractivity contribution in [2.75, 3.05) is 41.3 Å².